The summed E-state index contributed by atoms with van der Waals surface area (Å²) in [6.45, 7) is 8.29. The minimum Gasteiger partial charge on any atom is -0.490 e. The van der Waals surface area contributed by atoms with Crippen LogP contribution in [-0.4, -0.2) is 31.7 Å². The molecular formula is C15H24ClNO2. The maximum absolute atomic E-state index is 5.82. The highest BCUT2D eigenvalue weighted by molar-refractivity contribution is 6.18. The maximum Gasteiger partial charge on any atom is 0.161 e. The molecule has 0 radical (unpaired) electrons. The van der Waals surface area contributed by atoms with Crippen molar-refractivity contribution in [3.05, 3.63) is 24.3 Å². The van der Waals surface area contributed by atoms with Crippen molar-refractivity contribution in [3.63, 3.8) is 0 Å². The Bertz CT molecular complexity index is 360. The van der Waals surface area contributed by atoms with Gasteiger partial charge in [-0.2, -0.15) is 0 Å². The largest absolute Gasteiger partial charge is 0.490 e. The lowest BCUT2D eigenvalue weighted by molar-refractivity contribution is 0.268. The van der Waals surface area contributed by atoms with Gasteiger partial charge in [0.15, 0.2) is 11.5 Å². The van der Waals surface area contributed by atoms with Crippen molar-refractivity contribution < 1.29 is 9.47 Å². The molecule has 19 heavy (non-hydrogen) atoms. The second-order valence-electron chi connectivity index (χ2n) is 4.60. The number of benzene rings is 1. The molecule has 0 aliphatic rings. The fourth-order valence-corrected chi connectivity index (χ4v) is 1.89. The molecule has 108 valence electrons. The third-order valence-electron chi connectivity index (χ3n) is 3.07. The molecule has 0 bridgehead atoms. The number of hydrogen-bond acceptors (Lipinski definition) is 3. The number of ether oxygens (including phenoxy) is 2. The summed E-state index contributed by atoms with van der Waals surface area (Å²) < 4.78 is 11.2. The molecule has 0 heterocycles. The van der Waals surface area contributed by atoms with Gasteiger partial charge in [0.25, 0.3) is 0 Å². The van der Waals surface area contributed by atoms with Crippen LogP contribution in [0.4, 0.5) is 0 Å². The number of hydrogen-bond donors (Lipinski definition) is 1. The van der Waals surface area contributed by atoms with Gasteiger partial charge < -0.3 is 14.8 Å². The normalized spacial score (nSPS) is 13.9. The van der Waals surface area contributed by atoms with Crippen LogP contribution in [0.2, 0.25) is 0 Å². The van der Waals surface area contributed by atoms with Crippen LogP contribution >= 0.6 is 11.6 Å². The summed E-state index contributed by atoms with van der Waals surface area (Å²) in [5.74, 6) is 2.72. The fourth-order valence-electron chi connectivity index (χ4n) is 1.63. The van der Waals surface area contributed by atoms with E-state index in [4.69, 9.17) is 21.1 Å². The number of rotatable bonds is 9. The van der Waals surface area contributed by atoms with Crippen LogP contribution in [0, 0.1) is 5.92 Å². The summed E-state index contributed by atoms with van der Waals surface area (Å²) >= 11 is 5.82. The standard InChI is InChI=1S/C15H24ClNO2/c1-4-18-14-7-5-6-8-15(14)19-10-9-17-13(3)12(2)11-16/h5-8,12-13,17H,4,9-11H2,1-3H3. The zero-order valence-electron chi connectivity index (χ0n) is 12.0. The minimum atomic E-state index is 0.392. The highest BCUT2D eigenvalue weighted by atomic mass is 35.5. The lowest BCUT2D eigenvalue weighted by Crippen LogP contribution is -2.35. The summed E-state index contributed by atoms with van der Waals surface area (Å²) in [6.07, 6.45) is 0. The average molecular weight is 286 g/mol. The lowest BCUT2D eigenvalue weighted by Gasteiger charge is -2.19. The molecule has 2 atom stereocenters. The van der Waals surface area contributed by atoms with Gasteiger partial charge in [0.1, 0.15) is 6.61 Å². The number of nitrogens with one attached hydrogen (secondary N) is 1. The summed E-state index contributed by atoms with van der Waals surface area (Å²) in [7, 11) is 0. The molecule has 0 aliphatic carbocycles. The van der Waals surface area contributed by atoms with Gasteiger partial charge in [0.2, 0.25) is 0 Å². The van der Waals surface area contributed by atoms with E-state index in [1.54, 1.807) is 0 Å². The lowest BCUT2D eigenvalue weighted by atomic mass is 10.1. The van der Waals surface area contributed by atoms with E-state index in [0.29, 0.717) is 31.1 Å². The van der Waals surface area contributed by atoms with E-state index >= 15 is 0 Å². The number of alkyl halides is 1. The van der Waals surface area contributed by atoms with Crippen molar-refractivity contribution in [1.29, 1.82) is 0 Å². The van der Waals surface area contributed by atoms with E-state index in [0.717, 1.165) is 18.0 Å². The van der Waals surface area contributed by atoms with Crippen molar-refractivity contribution in [2.75, 3.05) is 25.6 Å². The molecule has 4 heteroatoms. The highest BCUT2D eigenvalue weighted by Gasteiger charge is 2.10. The molecule has 1 aromatic rings. The Morgan fingerprint density at radius 3 is 2.37 bits per heavy atom. The molecule has 2 unspecified atom stereocenters. The SMILES string of the molecule is CCOc1ccccc1OCCNC(C)C(C)CCl. The predicted molar refractivity (Wildman–Crippen MR) is 80.5 cm³/mol. The molecule has 0 saturated heterocycles. The van der Waals surface area contributed by atoms with E-state index < -0.39 is 0 Å². The molecule has 0 saturated carbocycles. The fraction of sp³-hybridized carbons (Fsp3) is 0.600. The molecule has 1 rings (SSSR count). The third-order valence-corrected chi connectivity index (χ3v) is 3.56. The Morgan fingerprint density at radius 1 is 1.16 bits per heavy atom. The minimum absolute atomic E-state index is 0.392. The zero-order valence-corrected chi connectivity index (χ0v) is 12.7. The number of para-hydroxylation sites is 2. The predicted octanol–water partition coefficient (Wildman–Crippen LogP) is 3.32. The van der Waals surface area contributed by atoms with Gasteiger partial charge in [-0.05, 0) is 31.9 Å². The first-order valence-electron chi connectivity index (χ1n) is 6.83. The van der Waals surface area contributed by atoms with Crippen LogP contribution in [0.1, 0.15) is 20.8 Å². The van der Waals surface area contributed by atoms with Gasteiger partial charge in [-0.3, -0.25) is 0 Å². The van der Waals surface area contributed by atoms with Gasteiger partial charge in [0.05, 0.1) is 6.61 Å². The first-order chi connectivity index (χ1) is 9.19. The van der Waals surface area contributed by atoms with Gasteiger partial charge >= 0.3 is 0 Å². The highest BCUT2D eigenvalue weighted by Crippen LogP contribution is 2.26. The van der Waals surface area contributed by atoms with E-state index in [1.807, 2.05) is 31.2 Å². The summed E-state index contributed by atoms with van der Waals surface area (Å²) in [5, 5.41) is 3.40. The molecular weight excluding hydrogens is 262 g/mol. The van der Waals surface area contributed by atoms with E-state index in [-0.39, 0.29) is 0 Å². The molecule has 0 amide bonds. The second-order valence-corrected chi connectivity index (χ2v) is 4.91. The maximum atomic E-state index is 5.82. The monoisotopic (exact) mass is 285 g/mol. The van der Waals surface area contributed by atoms with Crippen LogP contribution in [0.25, 0.3) is 0 Å². The van der Waals surface area contributed by atoms with Crippen molar-refractivity contribution in [2.24, 2.45) is 5.92 Å². The van der Waals surface area contributed by atoms with E-state index in [9.17, 15) is 0 Å². The molecule has 3 nitrogen and oxygen atoms in total. The van der Waals surface area contributed by atoms with Crippen LogP contribution in [-0.2, 0) is 0 Å². The molecule has 1 N–H and O–H groups in total. The van der Waals surface area contributed by atoms with Gasteiger partial charge in [0, 0.05) is 18.5 Å². The Hall–Kier alpha value is -0.930. The third kappa shape index (κ3) is 5.70. The van der Waals surface area contributed by atoms with Crippen LogP contribution in [0.15, 0.2) is 24.3 Å². The van der Waals surface area contributed by atoms with Gasteiger partial charge in [-0.15, -0.1) is 11.6 Å². The van der Waals surface area contributed by atoms with Crippen molar-refractivity contribution in [1.82, 2.24) is 5.32 Å². The first kappa shape index (κ1) is 16.1. The molecule has 0 fully saturated rings. The summed E-state index contributed by atoms with van der Waals surface area (Å²) in [5.41, 5.74) is 0. The summed E-state index contributed by atoms with van der Waals surface area (Å²) in [6, 6.07) is 8.13. The summed E-state index contributed by atoms with van der Waals surface area (Å²) in [4.78, 5) is 0. The number of halogens is 1. The van der Waals surface area contributed by atoms with E-state index in [1.165, 1.54) is 0 Å². The van der Waals surface area contributed by atoms with Crippen molar-refractivity contribution >= 4 is 11.6 Å². The molecule has 0 aliphatic heterocycles. The van der Waals surface area contributed by atoms with Crippen LogP contribution in [0.3, 0.4) is 0 Å². The Morgan fingerprint density at radius 2 is 1.79 bits per heavy atom. The Labute approximate surface area is 121 Å². The average Bonchev–Trinajstić information content (AvgIpc) is 2.44. The molecule has 0 spiro atoms. The Balaban J connectivity index is 2.33. The van der Waals surface area contributed by atoms with Crippen molar-refractivity contribution in [3.8, 4) is 11.5 Å². The van der Waals surface area contributed by atoms with Crippen LogP contribution < -0.4 is 14.8 Å². The van der Waals surface area contributed by atoms with Gasteiger partial charge in [-0.25, -0.2) is 0 Å². The van der Waals surface area contributed by atoms with Gasteiger partial charge in [-0.1, -0.05) is 19.1 Å². The Kier molecular flexibility index (Phi) is 7.68. The van der Waals surface area contributed by atoms with Crippen molar-refractivity contribution in [2.45, 2.75) is 26.8 Å². The molecule has 0 aromatic heterocycles. The zero-order chi connectivity index (χ0) is 14.1. The smallest absolute Gasteiger partial charge is 0.161 e. The van der Waals surface area contributed by atoms with E-state index in [2.05, 4.69) is 19.2 Å². The second kappa shape index (κ2) is 9.05. The quantitative estimate of drug-likeness (QED) is 0.558. The first-order valence-corrected chi connectivity index (χ1v) is 7.36. The van der Waals surface area contributed by atoms with Crippen LogP contribution in [0.5, 0.6) is 11.5 Å². The molecule has 1 aromatic carbocycles. The topological polar surface area (TPSA) is 30.5 Å².